The predicted octanol–water partition coefficient (Wildman–Crippen LogP) is 2.29. The van der Waals surface area contributed by atoms with Crippen LogP contribution in [0, 0.1) is 0 Å². The Labute approximate surface area is 166 Å². The van der Waals surface area contributed by atoms with E-state index in [-0.39, 0.29) is 23.6 Å². The molecular weight excluding hydrogens is 402 g/mol. The third-order valence-corrected chi connectivity index (χ3v) is 5.29. The van der Waals surface area contributed by atoms with Gasteiger partial charge < -0.3 is 23.4 Å². The molecule has 3 aromatic rings. The molecule has 1 N–H and O–H groups in total. The van der Waals surface area contributed by atoms with Crippen molar-refractivity contribution in [2.75, 3.05) is 31.8 Å². The third kappa shape index (κ3) is 4.25. The van der Waals surface area contributed by atoms with Gasteiger partial charge in [0, 0.05) is 12.7 Å². The van der Waals surface area contributed by atoms with Crippen molar-refractivity contribution in [1.29, 1.82) is 0 Å². The molecule has 1 aliphatic heterocycles. The van der Waals surface area contributed by atoms with Gasteiger partial charge in [-0.25, -0.2) is 13.1 Å². The number of fused-ring (bicyclic) bond motifs is 1. The first kappa shape index (κ1) is 19.0. The van der Waals surface area contributed by atoms with Crippen LogP contribution in [0.2, 0.25) is 0 Å². The molecule has 2 heterocycles. The number of aromatic nitrogens is 2. The molecule has 1 aromatic heterocycles. The van der Waals surface area contributed by atoms with Crippen LogP contribution in [0.4, 0.5) is 6.01 Å². The fourth-order valence-corrected chi connectivity index (χ4v) is 3.47. The van der Waals surface area contributed by atoms with Gasteiger partial charge in [0.1, 0.15) is 12.4 Å². The van der Waals surface area contributed by atoms with Crippen molar-refractivity contribution in [3.05, 3.63) is 42.5 Å². The van der Waals surface area contributed by atoms with Crippen molar-refractivity contribution < 1.29 is 31.8 Å². The van der Waals surface area contributed by atoms with Crippen LogP contribution in [-0.4, -0.2) is 45.7 Å². The van der Waals surface area contributed by atoms with Gasteiger partial charge in [-0.3, -0.25) is 0 Å². The molecule has 152 valence electrons. The number of rotatable bonds is 8. The second-order valence-electron chi connectivity index (χ2n) is 5.90. The number of methoxy groups -OCH3 is 1. The van der Waals surface area contributed by atoms with Crippen LogP contribution >= 0.6 is 0 Å². The fraction of sp³-hybridized carbons (Fsp3) is 0.222. The van der Waals surface area contributed by atoms with Gasteiger partial charge in [0.2, 0.25) is 12.7 Å². The molecule has 0 unspecified atom stereocenters. The minimum atomic E-state index is -3.90. The standard InChI is InChI=1S/C18H17N3O7S/c1-24-8-9-25-13-3-5-14(6-4-13)29(22,23)21-18-20-19-17(28-18)12-2-7-15-16(10-12)27-11-26-15/h2-7,10H,8-9,11H2,1H3,(H,20,21). The topological polar surface area (TPSA) is 122 Å². The summed E-state index contributed by atoms with van der Waals surface area (Å²) in [6.07, 6.45) is 0. The summed E-state index contributed by atoms with van der Waals surface area (Å²) < 4.78 is 53.6. The molecule has 0 atom stereocenters. The zero-order chi connectivity index (χ0) is 20.3. The number of benzene rings is 2. The molecule has 11 heteroatoms. The first-order chi connectivity index (χ1) is 14.0. The summed E-state index contributed by atoms with van der Waals surface area (Å²) in [6, 6.07) is 10.8. The summed E-state index contributed by atoms with van der Waals surface area (Å²) in [6.45, 7) is 0.944. The highest BCUT2D eigenvalue weighted by molar-refractivity contribution is 7.92. The number of hydrogen-bond donors (Lipinski definition) is 1. The Kier molecular flexibility index (Phi) is 5.23. The fourth-order valence-electron chi connectivity index (χ4n) is 2.54. The zero-order valence-corrected chi connectivity index (χ0v) is 16.1. The minimum absolute atomic E-state index is 0.0272. The Morgan fingerprint density at radius 2 is 1.83 bits per heavy atom. The Hall–Kier alpha value is -3.31. The molecule has 4 rings (SSSR count). The van der Waals surface area contributed by atoms with E-state index in [1.54, 1.807) is 37.4 Å². The van der Waals surface area contributed by atoms with Gasteiger partial charge in [0.05, 0.1) is 11.5 Å². The highest BCUT2D eigenvalue weighted by Gasteiger charge is 2.20. The van der Waals surface area contributed by atoms with Crippen LogP contribution in [0.3, 0.4) is 0 Å². The van der Waals surface area contributed by atoms with E-state index >= 15 is 0 Å². The molecular formula is C18H17N3O7S. The summed E-state index contributed by atoms with van der Waals surface area (Å²) in [4.78, 5) is 0.0272. The summed E-state index contributed by atoms with van der Waals surface area (Å²) >= 11 is 0. The number of ether oxygens (including phenoxy) is 4. The van der Waals surface area contributed by atoms with Crippen LogP contribution in [0.15, 0.2) is 51.8 Å². The molecule has 0 aliphatic carbocycles. The average molecular weight is 419 g/mol. The molecule has 0 fully saturated rings. The van der Waals surface area contributed by atoms with Crippen LogP contribution < -0.4 is 18.9 Å². The van der Waals surface area contributed by atoms with Gasteiger partial charge in [0.15, 0.2) is 11.5 Å². The molecule has 2 aromatic carbocycles. The maximum Gasteiger partial charge on any atom is 0.330 e. The van der Waals surface area contributed by atoms with Gasteiger partial charge in [-0.1, -0.05) is 5.10 Å². The van der Waals surface area contributed by atoms with Crippen LogP contribution in [0.25, 0.3) is 11.5 Å². The first-order valence-electron chi connectivity index (χ1n) is 8.53. The van der Waals surface area contributed by atoms with Crippen molar-refractivity contribution in [3.8, 4) is 28.7 Å². The van der Waals surface area contributed by atoms with Gasteiger partial charge in [0.25, 0.3) is 10.0 Å². The molecule has 1 aliphatic rings. The van der Waals surface area contributed by atoms with Crippen LogP contribution in [0.1, 0.15) is 0 Å². The lowest BCUT2D eigenvalue weighted by molar-refractivity contribution is 0.146. The van der Waals surface area contributed by atoms with Gasteiger partial charge in [-0.05, 0) is 42.5 Å². The maximum absolute atomic E-state index is 12.5. The van der Waals surface area contributed by atoms with E-state index in [1.165, 1.54) is 12.1 Å². The van der Waals surface area contributed by atoms with E-state index in [2.05, 4.69) is 14.9 Å². The van der Waals surface area contributed by atoms with Crippen molar-refractivity contribution in [3.63, 3.8) is 0 Å². The number of hydrogen-bond acceptors (Lipinski definition) is 9. The van der Waals surface area contributed by atoms with Crippen molar-refractivity contribution in [2.45, 2.75) is 4.90 Å². The Morgan fingerprint density at radius 1 is 1.03 bits per heavy atom. The maximum atomic E-state index is 12.5. The number of nitrogens with one attached hydrogen (secondary N) is 1. The highest BCUT2D eigenvalue weighted by atomic mass is 32.2. The minimum Gasteiger partial charge on any atom is -0.491 e. The van der Waals surface area contributed by atoms with E-state index in [9.17, 15) is 8.42 Å². The summed E-state index contributed by atoms with van der Waals surface area (Å²) in [5, 5.41) is 7.62. The summed E-state index contributed by atoms with van der Waals surface area (Å²) in [5.74, 6) is 1.84. The lowest BCUT2D eigenvalue weighted by Gasteiger charge is -2.07. The number of anilines is 1. The van der Waals surface area contributed by atoms with Crippen LogP contribution in [-0.2, 0) is 14.8 Å². The smallest absolute Gasteiger partial charge is 0.330 e. The van der Waals surface area contributed by atoms with Crippen molar-refractivity contribution >= 4 is 16.0 Å². The number of sulfonamides is 1. The van der Waals surface area contributed by atoms with Gasteiger partial charge in [-0.15, -0.1) is 5.10 Å². The highest BCUT2D eigenvalue weighted by Crippen LogP contribution is 2.35. The van der Waals surface area contributed by atoms with E-state index in [4.69, 9.17) is 23.4 Å². The largest absolute Gasteiger partial charge is 0.491 e. The van der Waals surface area contributed by atoms with Crippen molar-refractivity contribution in [1.82, 2.24) is 10.2 Å². The molecule has 0 amide bonds. The van der Waals surface area contributed by atoms with E-state index in [0.29, 0.717) is 36.0 Å². The van der Waals surface area contributed by atoms with E-state index in [1.807, 2.05) is 0 Å². The third-order valence-electron chi connectivity index (χ3n) is 3.96. The monoisotopic (exact) mass is 419 g/mol. The quantitative estimate of drug-likeness (QED) is 0.548. The average Bonchev–Trinajstić information content (AvgIpc) is 3.37. The normalized spacial score (nSPS) is 12.7. The van der Waals surface area contributed by atoms with Crippen molar-refractivity contribution in [2.24, 2.45) is 0 Å². The summed E-state index contributed by atoms with van der Waals surface area (Å²) in [7, 11) is -2.34. The second kappa shape index (κ2) is 7.97. The van der Waals surface area contributed by atoms with E-state index < -0.39 is 10.0 Å². The molecule has 29 heavy (non-hydrogen) atoms. The Balaban J connectivity index is 1.46. The van der Waals surface area contributed by atoms with Gasteiger partial charge in [-0.2, -0.15) is 0 Å². The molecule has 0 bridgehead atoms. The zero-order valence-electron chi connectivity index (χ0n) is 15.3. The van der Waals surface area contributed by atoms with Crippen LogP contribution in [0.5, 0.6) is 17.2 Å². The summed E-state index contributed by atoms with van der Waals surface area (Å²) in [5.41, 5.74) is 0.574. The predicted molar refractivity (Wildman–Crippen MR) is 100 cm³/mol. The first-order valence-corrected chi connectivity index (χ1v) is 10.0. The molecule has 0 saturated heterocycles. The Morgan fingerprint density at radius 3 is 2.62 bits per heavy atom. The lowest BCUT2D eigenvalue weighted by Crippen LogP contribution is -2.13. The Bertz CT molecular complexity index is 1100. The molecule has 0 spiro atoms. The number of nitrogens with zero attached hydrogens (tertiary/aromatic N) is 2. The molecule has 0 radical (unpaired) electrons. The lowest BCUT2D eigenvalue weighted by atomic mass is 10.2. The molecule has 10 nitrogen and oxygen atoms in total. The van der Waals surface area contributed by atoms with E-state index in [0.717, 1.165) is 0 Å². The van der Waals surface area contributed by atoms with Gasteiger partial charge >= 0.3 is 6.01 Å². The second-order valence-corrected chi connectivity index (χ2v) is 7.58. The molecule has 0 saturated carbocycles. The SMILES string of the molecule is COCCOc1ccc(S(=O)(=O)Nc2nnc(-c3ccc4c(c3)OCO4)o2)cc1.